The molecule has 0 saturated carbocycles. The van der Waals surface area contributed by atoms with Gasteiger partial charge in [0.2, 0.25) is 0 Å². The Balaban J connectivity index is 1.76. The van der Waals surface area contributed by atoms with Crippen LogP contribution >= 0.6 is 0 Å². The summed E-state index contributed by atoms with van der Waals surface area (Å²) in [5.41, 5.74) is 4.63. The van der Waals surface area contributed by atoms with E-state index in [0.717, 1.165) is 29.5 Å². The lowest BCUT2D eigenvalue weighted by atomic mass is 9.86. The molecule has 0 fully saturated rings. The summed E-state index contributed by atoms with van der Waals surface area (Å²) in [4.78, 5) is 0. The van der Waals surface area contributed by atoms with Gasteiger partial charge < -0.3 is 0 Å². The number of fused-ring (bicyclic) bond motifs is 1. The highest BCUT2D eigenvalue weighted by Crippen LogP contribution is 2.32. The fourth-order valence-electron chi connectivity index (χ4n) is 3.43. The Morgan fingerprint density at radius 2 is 1.71 bits per heavy atom. The number of unbranched alkanes of at least 4 members (excludes halogenated alkanes) is 3. The second-order valence-electron chi connectivity index (χ2n) is 6.63. The van der Waals surface area contributed by atoms with E-state index in [-0.39, 0.29) is 11.6 Å². The first-order valence-corrected chi connectivity index (χ1v) is 8.93. The van der Waals surface area contributed by atoms with Crippen LogP contribution in [0.4, 0.5) is 8.78 Å². The van der Waals surface area contributed by atoms with Crippen LogP contribution in [-0.4, -0.2) is 0 Å². The van der Waals surface area contributed by atoms with Gasteiger partial charge >= 0.3 is 0 Å². The zero-order chi connectivity index (χ0) is 16.9. The predicted molar refractivity (Wildman–Crippen MR) is 96.0 cm³/mol. The standard InChI is InChI=1S/C22H24F2/c1-2-3-4-5-6-16-7-13-21-18(15-16)10-14-20(22(21)24)17-8-11-19(23)12-9-17/h7-12,14H,2-6,13,15H2,1H3. The summed E-state index contributed by atoms with van der Waals surface area (Å²) >= 11 is 0. The van der Waals surface area contributed by atoms with Gasteiger partial charge in [-0.2, -0.15) is 0 Å². The number of halogens is 2. The number of hydrogen-bond acceptors (Lipinski definition) is 0. The lowest BCUT2D eigenvalue weighted by Crippen LogP contribution is -2.07. The van der Waals surface area contributed by atoms with Crippen molar-refractivity contribution in [3.05, 3.63) is 70.8 Å². The zero-order valence-corrected chi connectivity index (χ0v) is 14.2. The van der Waals surface area contributed by atoms with E-state index in [9.17, 15) is 8.78 Å². The first-order valence-electron chi connectivity index (χ1n) is 8.93. The third kappa shape index (κ3) is 3.75. The lowest BCUT2D eigenvalue weighted by Gasteiger charge is -2.19. The topological polar surface area (TPSA) is 0 Å². The van der Waals surface area contributed by atoms with Gasteiger partial charge in [0.1, 0.15) is 11.6 Å². The molecular weight excluding hydrogens is 302 g/mol. The van der Waals surface area contributed by atoms with Crippen LogP contribution in [0.5, 0.6) is 0 Å². The largest absolute Gasteiger partial charge is 0.207 e. The zero-order valence-electron chi connectivity index (χ0n) is 14.2. The summed E-state index contributed by atoms with van der Waals surface area (Å²) in [6.45, 7) is 2.22. The molecule has 3 rings (SSSR count). The predicted octanol–water partition coefficient (Wildman–Crippen LogP) is 6.63. The molecule has 0 amide bonds. The van der Waals surface area contributed by atoms with Gasteiger partial charge in [-0.15, -0.1) is 0 Å². The van der Waals surface area contributed by atoms with Crippen molar-refractivity contribution in [2.24, 2.45) is 0 Å². The smallest absolute Gasteiger partial charge is 0.134 e. The summed E-state index contributed by atoms with van der Waals surface area (Å²) < 4.78 is 28.0. The Morgan fingerprint density at radius 1 is 0.917 bits per heavy atom. The van der Waals surface area contributed by atoms with Crippen LogP contribution in [0.25, 0.3) is 11.1 Å². The highest BCUT2D eigenvalue weighted by Gasteiger charge is 2.18. The van der Waals surface area contributed by atoms with Crippen molar-refractivity contribution in [2.45, 2.75) is 51.9 Å². The van der Waals surface area contributed by atoms with Crippen molar-refractivity contribution in [3.8, 4) is 11.1 Å². The molecule has 0 nitrogen and oxygen atoms in total. The van der Waals surface area contributed by atoms with Gasteiger partial charge in [0.05, 0.1) is 0 Å². The van der Waals surface area contributed by atoms with Crippen molar-refractivity contribution < 1.29 is 8.78 Å². The quantitative estimate of drug-likeness (QED) is 0.413. The molecule has 0 aliphatic heterocycles. The van der Waals surface area contributed by atoms with Crippen molar-refractivity contribution in [1.29, 1.82) is 0 Å². The Morgan fingerprint density at radius 3 is 2.46 bits per heavy atom. The maximum atomic E-state index is 14.9. The highest BCUT2D eigenvalue weighted by molar-refractivity contribution is 5.66. The molecule has 2 heteroatoms. The molecule has 0 radical (unpaired) electrons. The molecule has 0 saturated heterocycles. The second kappa shape index (κ2) is 7.74. The second-order valence-corrected chi connectivity index (χ2v) is 6.63. The maximum Gasteiger partial charge on any atom is 0.134 e. The van der Waals surface area contributed by atoms with Crippen molar-refractivity contribution >= 4 is 0 Å². The minimum atomic E-state index is -0.298. The van der Waals surface area contributed by atoms with Crippen LogP contribution in [0.2, 0.25) is 0 Å². The van der Waals surface area contributed by atoms with Crippen LogP contribution < -0.4 is 0 Å². The van der Waals surface area contributed by atoms with Gasteiger partial charge in [0.15, 0.2) is 0 Å². The van der Waals surface area contributed by atoms with Crippen LogP contribution in [0.1, 0.15) is 50.2 Å². The highest BCUT2D eigenvalue weighted by atomic mass is 19.1. The van der Waals surface area contributed by atoms with E-state index in [1.165, 1.54) is 43.4 Å². The van der Waals surface area contributed by atoms with E-state index in [4.69, 9.17) is 0 Å². The molecule has 1 aliphatic rings. The number of hydrogen-bond donors (Lipinski definition) is 0. The summed E-state index contributed by atoms with van der Waals surface area (Å²) in [5, 5.41) is 0. The molecule has 0 bridgehead atoms. The minimum Gasteiger partial charge on any atom is -0.207 e. The van der Waals surface area contributed by atoms with Gasteiger partial charge in [-0.1, -0.05) is 62.1 Å². The van der Waals surface area contributed by atoms with Crippen LogP contribution in [-0.2, 0) is 12.8 Å². The normalized spacial score (nSPS) is 13.5. The minimum absolute atomic E-state index is 0.152. The third-order valence-electron chi connectivity index (χ3n) is 4.86. The summed E-state index contributed by atoms with van der Waals surface area (Å²) in [6, 6.07) is 9.90. The molecule has 2 aromatic rings. The van der Waals surface area contributed by atoms with Crippen molar-refractivity contribution in [3.63, 3.8) is 0 Å². The van der Waals surface area contributed by atoms with Gasteiger partial charge in [-0.3, -0.25) is 0 Å². The SMILES string of the molecule is CCCCCCC1=CCc2c(ccc(-c3ccc(F)cc3)c2F)C1. The molecule has 0 atom stereocenters. The molecule has 2 aromatic carbocycles. The fraction of sp³-hybridized carbons (Fsp3) is 0.364. The summed E-state index contributed by atoms with van der Waals surface area (Å²) in [5.74, 6) is -0.451. The molecule has 0 aromatic heterocycles. The monoisotopic (exact) mass is 326 g/mol. The molecule has 0 heterocycles. The van der Waals surface area contributed by atoms with Crippen LogP contribution in [0.3, 0.4) is 0 Å². The number of benzene rings is 2. The average Bonchev–Trinajstić information content (AvgIpc) is 2.60. The van der Waals surface area contributed by atoms with E-state index >= 15 is 0 Å². The molecule has 0 N–H and O–H groups in total. The first-order chi connectivity index (χ1) is 11.7. The lowest BCUT2D eigenvalue weighted by molar-refractivity contribution is 0.610. The third-order valence-corrected chi connectivity index (χ3v) is 4.86. The Kier molecular flexibility index (Phi) is 5.44. The van der Waals surface area contributed by atoms with Crippen LogP contribution in [0.15, 0.2) is 48.0 Å². The molecule has 0 spiro atoms. The average molecular weight is 326 g/mol. The molecular formula is C22H24F2. The summed E-state index contributed by atoms with van der Waals surface area (Å²) in [7, 11) is 0. The number of rotatable bonds is 6. The van der Waals surface area contributed by atoms with Crippen LogP contribution in [0, 0.1) is 11.6 Å². The van der Waals surface area contributed by atoms with Crippen molar-refractivity contribution in [1.82, 2.24) is 0 Å². The molecule has 1 aliphatic carbocycles. The van der Waals surface area contributed by atoms with Gasteiger partial charge in [-0.05, 0) is 54.5 Å². The molecule has 126 valence electrons. The van der Waals surface area contributed by atoms with Gasteiger partial charge in [-0.25, -0.2) is 8.78 Å². The maximum absolute atomic E-state index is 14.9. The summed E-state index contributed by atoms with van der Waals surface area (Å²) in [6.07, 6.45) is 9.90. The van der Waals surface area contributed by atoms with E-state index in [1.807, 2.05) is 12.1 Å². The van der Waals surface area contributed by atoms with Gasteiger partial charge in [0, 0.05) is 5.56 Å². The van der Waals surface area contributed by atoms with E-state index in [0.29, 0.717) is 12.0 Å². The Hall–Kier alpha value is -1.96. The Labute approximate surface area is 143 Å². The first kappa shape index (κ1) is 16.9. The van der Waals surface area contributed by atoms with E-state index in [2.05, 4.69) is 13.0 Å². The fourth-order valence-corrected chi connectivity index (χ4v) is 3.43. The molecule has 0 unspecified atom stereocenters. The molecule has 24 heavy (non-hydrogen) atoms. The number of allylic oxidation sites excluding steroid dienone is 2. The van der Waals surface area contributed by atoms with Gasteiger partial charge in [0.25, 0.3) is 0 Å². The van der Waals surface area contributed by atoms with E-state index in [1.54, 1.807) is 12.1 Å². The van der Waals surface area contributed by atoms with Crippen molar-refractivity contribution in [2.75, 3.05) is 0 Å². The van der Waals surface area contributed by atoms with E-state index < -0.39 is 0 Å². The Bertz CT molecular complexity index is 726.